The van der Waals surface area contributed by atoms with E-state index in [0.29, 0.717) is 73.6 Å². The van der Waals surface area contributed by atoms with E-state index < -0.39 is 17.9 Å². The second-order valence-corrected chi connectivity index (χ2v) is 19.1. The van der Waals surface area contributed by atoms with E-state index in [1.165, 1.54) is 57.8 Å². The molecule has 0 heterocycles. The summed E-state index contributed by atoms with van der Waals surface area (Å²) in [6.07, 6.45) is 28.0. The molecule has 0 saturated heterocycles. The third-order valence-corrected chi connectivity index (χ3v) is 13.1. The van der Waals surface area contributed by atoms with Gasteiger partial charge in [0.2, 0.25) is 0 Å². The molecule has 4 rings (SSSR count). The SMILES string of the molecule is CCCCCCCCOC(=O)c1cc2c(cc1OCCCCC)c1cc(C(=O)OCCCCCCCC)c(OCCCCC)cc1c1cc(C(=O)OCCCCCCCC)c(OCCCCC)cc21. The fourth-order valence-electron chi connectivity index (χ4n) is 8.89. The molecule has 0 radical (unpaired) electrons. The molecule has 0 bridgehead atoms. The fraction of sp³-hybridized carbons (Fsp3) is 0.650. The molecule has 384 valence electrons. The first-order valence-electron chi connectivity index (χ1n) is 27.8. The van der Waals surface area contributed by atoms with Crippen LogP contribution in [0.1, 0.15) is 246 Å². The van der Waals surface area contributed by atoms with Crippen molar-refractivity contribution < 1.29 is 42.8 Å². The van der Waals surface area contributed by atoms with Crippen LogP contribution in [0.4, 0.5) is 0 Å². The van der Waals surface area contributed by atoms with Crippen LogP contribution < -0.4 is 14.2 Å². The minimum atomic E-state index is -0.440. The lowest BCUT2D eigenvalue weighted by atomic mass is 9.90. The van der Waals surface area contributed by atoms with E-state index in [4.69, 9.17) is 28.4 Å². The Balaban J connectivity index is 1.96. The van der Waals surface area contributed by atoms with Gasteiger partial charge in [0.05, 0.1) is 39.6 Å². The first kappa shape index (κ1) is 57.1. The smallest absolute Gasteiger partial charge is 0.341 e. The van der Waals surface area contributed by atoms with Gasteiger partial charge in [-0.2, -0.15) is 0 Å². The van der Waals surface area contributed by atoms with Crippen molar-refractivity contribution in [3.63, 3.8) is 0 Å². The van der Waals surface area contributed by atoms with Crippen LogP contribution in [-0.4, -0.2) is 57.5 Å². The lowest BCUT2D eigenvalue weighted by Gasteiger charge is -2.20. The lowest BCUT2D eigenvalue weighted by Crippen LogP contribution is -2.12. The molecule has 0 atom stereocenters. The van der Waals surface area contributed by atoms with E-state index in [1.807, 2.05) is 36.4 Å². The number of hydrogen-bond donors (Lipinski definition) is 0. The molecule has 0 aliphatic rings. The van der Waals surface area contributed by atoms with Crippen LogP contribution in [0.15, 0.2) is 36.4 Å². The van der Waals surface area contributed by atoms with Crippen LogP contribution in [0, 0.1) is 0 Å². The minimum absolute atomic E-state index is 0.321. The number of benzene rings is 4. The highest BCUT2D eigenvalue weighted by molar-refractivity contribution is 6.28. The van der Waals surface area contributed by atoms with E-state index in [2.05, 4.69) is 41.5 Å². The zero-order valence-electron chi connectivity index (χ0n) is 44.0. The maximum Gasteiger partial charge on any atom is 0.341 e. The number of hydrogen-bond acceptors (Lipinski definition) is 9. The summed E-state index contributed by atoms with van der Waals surface area (Å²) in [6, 6.07) is 11.4. The molecule has 9 heteroatoms. The summed E-state index contributed by atoms with van der Waals surface area (Å²) in [6.45, 7) is 15.4. The number of rotatable bonds is 39. The number of carbonyl (C=O) groups excluding carboxylic acids is 3. The highest BCUT2D eigenvalue weighted by atomic mass is 16.5. The highest BCUT2D eigenvalue weighted by Crippen LogP contribution is 2.43. The fourth-order valence-corrected chi connectivity index (χ4v) is 8.89. The molecule has 0 aromatic heterocycles. The molecule has 4 aromatic carbocycles. The van der Waals surface area contributed by atoms with Crippen molar-refractivity contribution in [1.82, 2.24) is 0 Å². The van der Waals surface area contributed by atoms with Crippen LogP contribution in [0.5, 0.6) is 17.2 Å². The molecular formula is C60H90O9. The molecule has 0 aliphatic heterocycles. The average molecular weight is 955 g/mol. The normalized spacial score (nSPS) is 11.4. The molecule has 0 aliphatic carbocycles. The Labute approximate surface area is 416 Å². The second kappa shape index (κ2) is 33.9. The molecule has 0 amide bonds. The third kappa shape index (κ3) is 19.0. The average Bonchev–Trinajstić information content (AvgIpc) is 3.36. The van der Waals surface area contributed by atoms with Gasteiger partial charge in [-0.25, -0.2) is 14.4 Å². The largest absolute Gasteiger partial charge is 0.493 e. The summed E-state index contributed by atoms with van der Waals surface area (Å²) in [4.78, 5) is 42.6. The summed E-state index contributed by atoms with van der Waals surface area (Å²) in [5, 5.41) is 4.60. The number of esters is 3. The Morgan fingerprint density at radius 2 is 0.478 bits per heavy atom. The van der Waals surface area contributed by atoms with Crippen molar-refractivity contribution in [2.45, 2.75) is 215 Å². The monoisotopic (exact) mass is 955 g/mol. The van der Waals surface area contributed by atoms with E-state index in [0.717, 1.165) is 148 Å². The Morgan fingerprint density at radius 3 is 0.739 bits per heavy atom. The predicted octanol–water partition coefficient (Wildman–Crippen LogP) is 17.4. The minimum Gasteiger partial charge on any atom is -0.493 e. The van der Waals surface area contributed by atoms with Gasteiger partial charge in [0.15, 0.2) is 0 Å². The maximum atomic E-state index is 14.2. The summed E-state index contributed by atoms with van der Waals surface area (Å²) in [7, 11) is 0. The first-order chi connectivity index (χ1) is 33.8. The molecule has 0 saturated carbocycles. The van der Waals surface area contributed by atoms with Gasteiger partial charge in [0.1, 0.15) is 33.9 Å². The molecule has 0 fully saturated rings. The maximum absolute atomic E-state index is 14.2. The molecular weight excluding hydrogens is 865 g/mol. The summed E-state index contributed by atoms with van der Waals surface area (Å²) < 4.78 is 37.5. The first-order valence-corrected chi connectivity index (χ1v) is 27.8. The summed E-state index contributed by atoms with van der Waals surface area (Å²) in [5.41, 5.74) is 1.02. The van der Waals surface area contributed by atoms with Gasteiger partial charge >= 0.3 is 17.9 Å². The molecule has 0 spiro atoms. The number of unbranched alkanes of at least 4 members (excludes halogenated alkanes) is 21. The molecule has 0 N–H and O–H groups in total. The van der Waals surface area contributed by atoms with Crippen LogP contribution in [-0.2, 0) is 14.2 Å². The van der Waals surface area contributed by atoms with Gasteiger partial charge < -0.3 is 28.4 Å². The van der Waals surface area contributed by atoms with Crippen molar-refractivity contribution in [1.29, 1.82) is 0 Å². The standard InChI is InChI=1S/C60H90O9/c1-7-13-19-22-25-31-37-67-58(61)52-40-46-49(43-55(52)64-34-28-16-10-4)47-41-53(59(62)68-38-32-26-23-20-14-8-2)57(66-36-30-18-12-6)45-51(47)48-42-54(56(44-50(46)48)65-35-29-17-11-5)60(63)69-39-33-27-24-21-15-9-3/h40-45H,7-39H2,1-6H3. The Morgan fingerprint density at radius 1 is 0.275 bits per heavy atom. The zero-order chi connectivity index (χ0) is 49.5. The van der Waals surface area contributed by atoms with E-state index in [1.54, 1.807) is 0 Å². The number of carbonyl (C=O) groups is 3. The summed E-state index contributed by atoms with van der Waals surface area (Å²) in [5.74, 6) is -0.0135. The van der Waals surface area contributed by atoms with Crippen LogP contribution >= 0.6 is 0 Å². The van der Waals surface area contributed by atoms with Crippen LogP contribution in [0.25, 0.3) is 32.3 Å². The lowest BCUT2D eigenvalue weighted by molar-refractivity contribution is 0.0483. The summed E-state index contributed by atoms with van der Waals surface area (Å²) >= 11 is 0. The molecule has 4 aromatic rings. The van der Waals surface area contributed by atoms with Gasteiger partial charge in [-0.1, -0.05) is 176 Å². The van der Waals surface area contributed by atoms with E-state index in [9.17, 15) is 14.4 Å². The van der Waals surface area contributed by atoms with Crippen molar-refractivity contribution >= 4 is 50.2 Å². The Kier molecular flexibility index (Phi) is 28.0. The van der Waals surface area contributed by atoms with Gasteiger partial charge in [0.25, 0.3) is 0 Å². The third-order valence-electron chi connectivity index (χ3n) is 13.1. The number of ether oxygens (including phenoxy) is 6. The molecule has 9 nitrogen and oxygen atoms in total. The van der Waals surface area contributed by atoms with Gasteiger partial charge in [-0.15, -0.1) is 0 Å². The van der Waals surface area contributed by atoms with E-state index in [-0.39, 0.29) is 0 Å². The van der Waals surface area contributed by atoms with E-state index >= 15 is 0 Å². The van der Waals surface area contributed by atoms with Crippen molar-refractivity contribution in [2.24, 2.45) is 0 Å². The predicted molar refractivity (Wildman–Crippen MR) is 285 cm³/mol. The highest BCUT2D eigenvalue weighted by Gasteiger charge is 2.25. The Hall–Kier alpha value is -4.53. The molecule has 0 unspecified atom stereocenters. The number of fused-ring (bicyclic) bond motifs is 6. The van der Waals surface area contributed by atoms with Crippen LogP contribution in [0.2, 0.25) is 0 Å². The van der Waals surface area contributed by atoms with Crippen molar-refractivity contribution in [2.75, 3.05) is 39.6 Å². The van der Waals surface area contributed by atoms with Crippen LogP contribution in [0.3, 0.4) is 0 Å². The molecule has 69 heavy (non-hydrogen) atoms. The van der Waals surface area contributed by atoms with Gasteiger partial charge in [0, 0.05) is 0 Å². The van der Waals surface area contributed by atoms with Gasteiger partial charge in [-0.05, 0) is 107 Å². The quantitative estimate of drug-likeness (QED) is 0.0187. The van der Waals surface area contributed by atoms with Gasteiger partial charge in [-0.3, -0.25) is 0 Å². The topological polar surface area (TPSA) is 107 Å². The Bertz CT molecular complexity index is 1860. The zero-order valence-corrected chi connectivity index (χ0v) is 44.0. The van der Waals surface area contributed by atoms with Crippen molar-refractivity contribution in [3.8, 4) is 17.2 Å². The second-order valence-electron chi connectivity index (χ2n) is 19.1. The van der Waals surface area contributed by atoms with Crippen molar-refractivity contribution in [3.05, 3.63) is 53.1 Å².